The fourth-order valence-corrected chi connectivity index (χ4v) is 22.0. The van der Waals surface area contributed by atoms with Gasteiger partial charge in [0, 0.05) is 6.42 Å². The van der Waals surface area contributed by atoms with E-state index in [1.54, 1.807) is 0 Å². The van der Waals surface area contributed by atoms with E-state index < -0.39 is 11.9 Å². The SMILES string of the molecule is CCCCCCC(O)CCCCCCCCCCC(=O)O.O=C(CC(CC(=O)[N+](C1CCCCC1)(C1CCCCC1)C1CCCCC1)C(=O)[N+](C1CCCCC1)(C1CCCCC1)C1CCCCC1)[N+](C1CCCCC1)(C1CCCCC1)C1CCCCC1.[Na+]. The van der Waals surface area contributed by atoms with E-state index in [0.717, 1.165) is 47.5 Å². The van der Waals surface area contributed by atoms with Gasteiger partial charge in [-0.3, -0.25) is 18.2 Å². The second kappa shape index (κ2) is 40.7. The van der Waals surface area contributed by atoms with Crippen molar-refractivity contribution in [3.8, 4) is 0 Å². The summed E-state index contributed by atoms with van der Waals surface area (Å²) in [5, 5.41) is 18.4. The summed E-state index contributed by atoms with van der Waals surface area (Å²) < 4.78 is 2.14. The van der Waals surface area contributed by atoms with Gasteiger partial charge in [0.1, 0.15) is 0 Å². The fourth-order valence-electron chi connectivity index (χ4n) is 22.0. The first kappa shape index (κ1) is 74.7. The normalized spacial score (nSPS) is 23.7. The van der Waals surface area contributed by atoms with Crippen molar-refractivity contribution in [2.75, 3.05) is 0 Å². The second-order valence-electron chi connectivity index (χ2n) is 31.6. The van der Waals surface area contributed by atoms with Crippen LogP contribution in [0.1, 0.15) is 405 Å². The monoisotopic (exact) mass is 1240 g/mol. The molecular weight excluding hydrogens is 1100 g/mol. The molecule has 0 aliphatic heterocycles. The molecule has 9 aliphatic carbocycles. The van der Waals surface area contributed by atoms with Crippen molar-refractivity contribution in [1.29, 1.82) is 0 Å². The minimum Gasteiger partial charge on any atom is -0.481 e. The molecule has 0 saturated heterocycles. The molecule has 0 radical (unpaired) electrons. The van der Waals surface area contributed by atoms with Crippen LogP contribution in [0.3, 0.4) is 0 Å². The number of rotatable bonds is 30. The van der Waals surface area contributed by atoms with E-state index in [0.29, 0.717) is 95.8 Å². The van der Waals surface area contributed by atoms with Gasteiger partial charge >= 0.3 is 53.2 Å². The van der Waals surface area contributed by atoms with Crippen molar-refractivity contribution in [1.82, 2.24) is 0 Å². The molecule has 9 rings (SSSR count). The Hall–Kier alpha value is -0.680. The summed E-state index contributed by atoms with van der Waals surface area (Å²) >= 11 is 0. The maximum Gasteiger partial charge on any atom is 1.00 e. The summed E-state index contributed by atoms with van der Waals surface area (Å²) in [5.41, 5.74) is 0. The van der Waals surface area contributed by atoms with Gasteiger partial charge in [-0.05, 0) is 250 Å². The van der Waals surface area contributed by atoms with Gasteiger partial charge in [0.15, 0.2) is 0 Å². The number of quaternary nitrogens is 3. The molecule has 3 amide bonds. The molecule has 88 heavy (non-hydrogen) atoms. The van der Waals surface area contributed by atoms with Gasteiger partial charge in [-0.15, -0.1) is 0 Å². The first-order valence-corrected chi connectivity index (χ1v) is 39.8. The molecule has 9 saturated carbocycles. The summed E-state index contributed by atoms with van der Waals surface area (Å²) in [6.07, 6.45) is 72.6. The number of amides is 3. The predicted molar refractivity (Wildman–Crippen MR) is 359 cm³/mol. The van der Waals surface area contributed by atoms with Crippen LogP contribution in [-0.2, 0) is 19.2 Å². The van der Waals surface area contributed by atoms with Crippen LogP contribution in [0, 0.1) is 5.92 Å². The van der Waals surface area contributed by atoms with Gasteiger partial charge < -0.3 is 10.2 Å². The maximum absolute atomic E-state index is 17.5. The third kappa shape index (κ3) is 20.0. The number of hydrogen-bond acceptors (Lipinski definition) is 5. The molecule has 0 aromatic rings. The van der Waals surface area contributed by atoms with E-state index in [9.17, 15) is 9.90 Å². The van der Waals surface area contributed by atoms with Gasteiger partial charge in [-0.1, -0.05) is 135 Å². The molecule has 10 heteroatoms. The topological polar surface area (TPSA) is 109 Å². The van der Waals surface area contributed by atoms with Crippen LogP contribution >= 0.6 is 0 Å². The Morgan fingerprint density at radius 1 is 0.318 bits per heavy atom. The van der Waals surface area contributed by atoms with Gasteiger partial charge in [0.25, 0.3) is 0 Å². The summed E-state index contributed by atoms with van der Waals surface area (Å²) in [6.45, 7) is 2.21. The molecule has 9 nitrogen and oxygen atoms in total. The number of aliphatic carboxylic acids is 1. The number of aliphatic hydroxyl groups excluding tert-OH is 1. The number of carbonyl (C=O) groups is 4. The first-order chi connectivity index (χ1) is 42.7. The standard InChI is InChI=1S/C60H104N3O3.C18H36O3.Na/c64-58(61(49-28-10-1-11-29-49,50-30-12-2-13-31-50)51-32-14-3-15-33-51)46-48(60(66)63(55-40-22-7-23-41-55,56-42-24-8-25-43-56)57-44-26-9-27-45-57)47-59(65)62(52-34-16-4-17-35-52,53-36-18-5-19-37-53)54-38-20-6-21-39-54;1-2-3-4-11-14-17(19)15-12-9-7-5-6-8-10-13-16-18(20)21;/h48-57H,1-47H2;17,19H,2-16H2,1H3,(H,20,21);/q+3;;+1. The predicted octanol–water partition coefficient (Wildman–Crippen LogP) is 17.7. The Morgan fingerprint density at radius 3 is 0.773 bits per heavy atom. The van der Waals surface area contributed by atoms with Crippen molar-refractivity contribution in [3.63, 3.8) is 0 Å². The van der Waals surface area contributed by atoms with Gasteiger partial charge in [-0.2, -0.15) is 0 Å². The molecule has 1 atom stereocenters. The molecule has 9 aliphatic rings. The van der Waals surface area contributed by atoms with Crippen LogP contribution in [0.25, 0.3) is 0 Å². The third-order valence-electron chi connectivity index (χ3n) is 26.1. The van der Waals surface area contributed by atoms with E-state index in [-0.39, 0.29) is 35.7 Å². The maximum atomic E-state index is 17.5. The molecule has 1 unspecified atom stereocenters. The molecule has 0 spiro atoms. The molecule has 0 heterocycles. The Bertz CT molecular complexity index is 1710. The number of carboxylic acids is 1. The summed E-state index contributed by atoms with van der Waals surface area (Å²) in [4.78, 5) is 61.8. The minimum absolute atomic E-state index is 0. The van der Waals surface area contributed by atoms with E-state index in [2.05, 4.69) is 6.92 Å². The van der Waals surface area contributed by atoms with Crippen LogP contribution in [0.15, 0.2) is 0 Å². The zero-order valence-electron chi connectivity index (χ0n) is 58.1. The quantitative estimate of drug-likeness (QED) is 0.0421. The molecule has 2 N–H and O–H groups in total. The average molecular weight is 1240 g/mol. The minimum atomic E-state index is -0.678. The first-order valence-electron chi connectivity index (χ1n) is 39.8. The van der Waals surface area contributed by atoms with Gasteiger partial charge in [0.05, 0.1) is 79.2 Å². The van der Waals surface area contributed by atoms with Crippen LogP contribution < -0.4 is 29.6 Å². The van der Waals surface area contributed by atoms with E-state index in [4.69, 9.17) is 5.11 Å². The van der Waals surface area contributed by atoms with Gasteiger partial charge in [-0.25, -0.2) is 14.4 Å². The van der Waals surface area contributed by atoms with Crippen molar-refractivity contribution < 1.29 is 72.4 Å². The fraction of sp³-hybridized carbons (Fsp3) is 0.949. The van der Waals surface area contributed by atoms with Crippen molar-refractivity contribution >= 4 is 23.7 Å². The van der Waals surface area contributed by atoms with Crippen LogP contribution in [0.5, 0.6) is 0 Å². The molecule has 500 valence electrons. The van der Waals surface area contributed by atoms with E-state index >= 15 is 14.4 Å². The second-order valence-corrected chi connectivity index (χ2v) is 31.6. The number of hydrogen-bond donors (Lipinski definition) is 2. The largest absolute Gasteiger partial charge is 1.00 e. The zero-order chi connectivity index (χ0) is 61.0. The molecular formula is C78H140N3NaO6+4. The molecule has 0 aromatic heterocycles. The number of nitrogens with zero attached hydrogens (tertiary/aromatic N) is 3. The summed E-state index contributed by atoms with van der Waals surface area (Å²) in [6, 6.07) is 3.52. The van der Waals surface area contributed by atoms with Crippen LogP contribution in [0.4, 0.5) is 0 Å². The summed E-state index contributed by atoms with van der Waals surface area (Å²) in [7, 11) is 0. The Kier molecular flexibility index (Phi) is 34.5. The average Bonchev–Trinajstić information content (AvgIpc) is 0.870. The van der Waals surface area contributed by atoms with Crippen molar-refractivity contribution in [2.45, 2.75) is 465 Å². The van der Waals surface area contributed by atoms with E-state index in [1.165, 1.54) is 340 Å². The number of carbonyl (C=O) groups excluding carboxylic acids is 3. The Labute approximate surface area is 563 Å². The molecule has 9 fully saturated rings. The Morgan fingerprint density at radius 2 is 0.534 bits per heavy atom. The van der Waals surface area contributed by atoms with Crippen molar-refractivity contribution in [2.24, 2.45) is 5.92 Å². The van der Waals surface area contributed by atoms with Gasteiger partial charge in [0.2, 0.25) is 0 Å². The summed E-state index contributed by atoms with van der Waals surface area (Å²) in [5.74, 6) is 0.227. The zero-order valence-corrected chi connectivity index (χ0v) is 60.1. The van der Waals surface area contributed by atoms with Crippen molar-refractivity contribution in [3.05, 3.63) is 0 Å². The third-order valence-corrected chi connectivity index (χ3v) is 26.1. The number of aliphatic hydroxyl groups is 1. The molecule has 0 aromatic carbocycles. The molecule has 0 bridgehead atoms. The van der Waals surface area contributed by atoms with Crippen LogP contribution in [0.2, 0.25) is 0 Å². The number of unbranched alkanes of at least 4 members (excludes halogenated alkanes) is 10. The van der Waals surface area contributed by atoms with Crippen LogP contribution in [-0.4, -0.2) is 108 Å². The smallest absolute Gasteiger partial charge is 0.481 e. The number of carboxylic acid groups (broad SMARTS) is 1. The van der Waals surface area contributed by atoms with E-state index in [1.807, 2.05) is 0 Å². The Balaban J connectivity index is 0.000000430.